The Morgan fingerprint density at radius 1 is 1.45 bits per heavy atom. The van der Waals surface area contributed by atoms with E-state index in [2.05, 4.69) is 17.2 Å². The van der Waals surface area contributed by atoms with E-state index in [0.717, 1.165) is 18.4 Å². The molecule has 1 amide bonds. The lowest BCUT2D eigenvalue weighted by molar-refractivity contribution is -0.122. The normalized spacial score (nSPS) is 15.3. The summed E-state index contributed by atoms with van der Waals surface area (Å²) in [6.45, 7) is 1.54. The fourth-order valence-corrected chi connectivity index (χ4v) is 2.24. The smallest absolute Gasteiger partial charge is 0.227 e. The standard InChI is InChI=1S/C15H17ClN2O2/c16-13-4-3-11(2-1-7-17)14(10-13)18-15(19)12-5-8-20-9-6-12/h3-4,10,12H,5-9,17H2,(H,18,19). The monoisotopic (exact) mass is 292 g/mol. The molecule has 1 saturated heterocycles. The predicted octanol–water partition coefficient (Wildman–Crippen LogP) is 2.02. The van der Waals surface area contributed by atoms with Gasteiger partial charge in [0.25, 0.3) is 0 Å². The zero-order valence-corrected chi connectivity index (χ0v) is 11.9. The largest absolute Gasteiger partial charge is 0.381 e. The van der Waals surface area contributed by atoms with Gasteiger partial charge in [0.05, 0.1) is 12.2 Å². The van der Waals surface area contributed by atoms with Gasteiger partial charge in [-0.15, -0.1) is 0 Å². The van der Waals surface area contributed by atoms with Gasteiger partial charge in [-0.25, -0.2) is 0 Å². The first-order valence-corrected chi connectivity index (χ1v) is 6.95. The van der Waals surface area contributed by atoms with E-state index in [1.165, 1.54) is 0 Å². The van der Waals surface area contributed by atoms with Gasteiger partial charge in [-0.3, -0.25) is 4.79 Å². The minimum absolute atomic E-state index is 0.00800. The Balaban J connectivity index is 2.14. The van der Waals surface area contributed by atoms with Crippen LogP contribution in [0.4, 0.5) is 5.69 Å². The number of hydrogen-bond acceptors (Lipinski definition) is 3. The summed E-state index contributed by atoms with van der Waals surface area (Å²) in [6.07, 6.45) is 1.49. The van der Waals surface area contributed by atoms with Gasteiger partial charge in [-0.2, -0.15) is 0 Å². The minimum atomic E-state index is -0.0157. The number of nitrogens with two attached hydrogens (primary N) is 1. The summed E-state index contributed by atoms with van der Waals surface area (Å²) < 4.78 is 5.26. The summed E-state index contributed by atoms with van der Waals surface area (Å²) in [5, 5.41) is 3.47. The van der Waals surface area contributed by atoms with Crippen molar-refractivity contribution in [3.63, 3.8) is 0 Å². The quantitative estimate of drug-likeness (QED) is 0.820. The highest BCUT2D eigenvalue weighted by atomic mass is 35.5. The van der Waals surface area contributed by atoms with Gasteiger partial charge >= 0.3 is 0 Å². The molecule has 0 atom stereocenters. The van der Waals surface area contributed by atoms with Crippen LogP contribution in [0.1, 0.15) is 18.4 Å². The molecule has 1 aromatic rings. The molecule has 3 N–H and O–H groups in total. The summed E-state index contributed by atoms with van der Waals surface area (Å²) >= 11 is 5.98. The molecule has 0 radical (unpaired) electrons. The second kappa shape index (κ2) is 7.30. The molecule has 0 bridgehead atoms. The molecule has 1 aromatic carbocycles. The second-order valence-corrected chi connectivity index (χ2v) is 5.01. The van der Waals surface area contributed by atoms with E-state index < -0.39 is 0 Å². The lowest BCUT2D eigenvalue weighted by Crippen LogP contribution is -2.28. The van der Waals surface area contributed by atoms with E-state index in [1.807, 2.05) is 0 Å². The van der Waals surface area contributed by atoms with Crippen LogP contribution in [0.15, 0.2) is 18.2 Å². The zero-order valence-electron chi connectivity index (χ0n) is 11.1. The van der Waals surface area contributed by atoms with Crippen molar-refractivity contribution in [3.8, 4) is 11.8 Å². The third-order valence-electron chi connectivity index (χ3n) is 3.16. The number of halogens is 1. The molecule has 0 unspecified atom stereocenters. The first kappa shape index (κ1) is 14.9. The van der Waals surface area contributed by atoms with Gasteiger partial charge in [0.1, 0.15) is 0 Å². The first-order chi connectivity index (χ1) is 9.70. The number of hydrogen-bond donors (Lipinski definition) is 2. The number of anilines is 1. The molecular formula is C15H17ClN2O2. The zero-order chi connectivity index (χ0) is 14.4. The van der Waals surface area contributed by atoms with Crippen molar-refractivity contribution in [1.82, 2.24) is 0 Å². The van der Waals surface area contributed by atoms with Crippen LogP contribution in [0, 0.1) is 17.8 Å². The molecule has 106 valence electrons. The van der Waals surface area contributed by atoms with Crippen molar-refractivity contribution in [2.75, 3.05) is 25.1 Å². The van der Waals surface area contributed by atoms with Crippen LogP contribution in [0.3, 0.4) is 0 Å². The Hall–Kier alpha value is -1.54. The predicted molar refractivity (Wildman–Crippen MR) is 79.6 cm³/mol. The van der Waals surface area contributed by atoms with E-state index in [9.17, 15) is 4.79 Å². The molecule has 2 rings (SSSR count). The van der Waals surface area contributed by atoms with Crippen molar-refractivity contribution in [2.45, 2.75) is 12.8 Å². The van der Waals surface area contributed by atoms with E-state index in [0.29, 0.717) is 23.9 Å². The van der Waals surface area contributed by atoms with Crippen molar-refractivity contribution in [2.24, 2.45) is 11.7 Å². The van der Waals surface area contributed by atoms with Crippen LogP contribution in [0.5, 0.6) is 0 Å². The van der Waals surface area contributed by atoms with Crippen LogP contribution >= 0.6 is 11.6 Å². The second-order valence-electron chi connectivity index (χ2n) is 4.57. The van der Waals surface area contributed by atoms with Crippen LogP contribution in [-0.2, 0) is 9.53 Å². The summed E-state index contributed by atoms with van der Waals surface area (Å²) in [7, 11) is 0. The highest BCUT2D eigenvalue weighted by Gasteiger charge is 2.22. The summed E-state index contributed by atoms with van der Waals surface area (Å²) in [6, 6.07) is 5.23. The van der Waals surface area contributed by atoms with E-state index in [-0.39, 0.29) is 18.4 Å². The average Bonchev–Trinajstić information content (AvgIpc) is 2.47. The van der Waals surface area contributed by atoms with E-state index in [4.69, 9.17) is 22.1 Å². The van der Waals surface area contributed by atoms with Crippen molar-refractivity contribution >= 4 is 23.2 Å². The maximum Gasteiger partial charge on any atom is 0.227 e. The summed E-state index contributed by atoms with van der Waals surface area (Å²) in [4.78, 5) is 12.2. The lowest BCUT2D eigenvalue weighted by atomic mass is 9.99. The third kappa shape index (κ3) is 3.97. The molecule has 0 saturated carbocycles. The van der Waals surface area contributed by atoms with Crippen LogP contribution in [-0.4, -0.2) is 25.7 Å². The summed E-state index contributed by atoms with van der Waals surface area (Å²) in [5.74, 6) is 5.69. The number of carbonyl (C=O) groups is 1. The molecular weight excluding hydrogens is 276 g/mol. The van der Waals surface area contributed by atoms with Gasteiger partial charge in [-0.05, 0) is 31.0 Å². The Bertz CT molecular complexity index is 543. The van der Waals surface area contributed by atoms with Gasteiger partial charge in [0.2, 0.25) is 5.91 Å². The molecule has 1 aliphatic heterocycles. The van der Waals surface area contributed by atoms with Crippen molar-refractivity contribution in [1.29, 1.82) is 0 Å². The van der Waals surface area contributed by atoms with E-state index in [1.54, 1.807) is 18.2 Å². The lowest BCUT2D eigenvalue weighted by Gasteiger charge is -2.21. The van der Waals surface area contributed by atoms with Gasteiger partial charge in [-0.1, -0.05) is 23.4 Å². The van der Waals surface area contributed by atoms with Crippen molar-refractivity contribution in [3.05, 3.63) is 28.8 Å². The number of rotatable bonds is 2. The minimum Gasteiger partial charge on any atom is -0.381 e. The van der Waals surface area contributed by atoms with Crippen molar-refractivity contribution < 1.29 is 9.53 Å². The highest BCUT2D eigenvalue weighted by Crippen LogP contribution is 2.23. The molecule has 1 heterocycles. The maximum atomic E-state index is 12.2. The Morgan fingerprint density at radius 2 is 2.20 bits per heavy atom. The first-order valence-electron chi connectivity index (χ1n) is 6.58. The summed E-state index contributed by atoms with van der Waals surface area (Å²) in [5.41, 5.74) is 6.73. The molecule has 20 heavy (non-hydrogen) atoms. The fraction of sp³-hybridized carbons (Fsp3) is 0.400. The highest BCUT2D eigenvalue weighted by molar-refractivity contribution is 6.31. The van der Waals surface area contributed by atoms with Gasteiger partial charge < -0.3 is 15.8 Å². The van der Waals surface area contributed by atoms with Gasteiger partial charge in [0.15, 0.2) is 0 Å². The number of carbonyl (C=O) groups excluding carboxylic acids is 1. The molecule has 0 aliphatic carbocycles. The SMILES string of the molecule is NCC#Cc1ccc(Cl)cc1NC(=O)C1CCOCC1. The molecule has 0 aromatic heterocycles. The average molecular weight is 293 g/mol. The van der Waals surface area contributed by atoms with Gasteiger partial charge in [0, 0.05) is 29.7 Å². The molecule has 1 fully saturated rings. The number of ether oxygens (including phenoxy) is 1. The van der Waals surface area contributed by atoms with Crippen LogP contribution in [0.2, 0.25) is 5.02 Å². The Morgan fingerprint density at radius 3 is 2.90 bits per heavy atom. The third-order valence-corrected chi connectivity index (χ3v) is 3.39. The Labute approximate surface area is 123 Å². The molecule has 0 spiro atoms. The topological polar surface area (TPSA) is 64.3 Å². The molecule has 1 aliphatic rings. The van der Waals surface area contributed by atoms with Crippen LogP contribution in [0.25, 0.3) is 0 Å². The number of benzene rings is 1. The fourth-order valence-electron chi connectivity index (χ4n) is 2.07. The Kier molecular flexibility index (Phi) is 5.42. The molecule has 5 heteroatoms. The van der Waals surface area contributed by atoms with Crippen LogP contribution < -0.4 is 11.1 Å². The number of nitrogens with one attached hydrogen (secondary N) is 1. The molecule has 4 nitrogen and oxygen atoms in total. The number of amides is 1. The van der Waals surface area contributed by atoms with E-state index >= 15 is 0 Å². The maximum absolute atomic E-state index is 12.2.